The van der Waals surface area contributed by atoms with Crippen molar-refractivity contribution in [2.45, 2.75) is 51.6 Å². The maximum atomic E-state index is 10.2. The summed E-state index contributed by atoms with van der Waals surface area (Å²) in [6.45, 7) is 8.44. The summed E-state index contributed by atoms with van der Waals surface area (Å²) in [6.07, 6.45) is 2.22. The lowest BCUT2D eigenvalue weighted by molar-refractivity contribution is 0.153. The molecule has 1 aromatic carbocycles. The molecule has 2 N–H and O–H groups in total. The lowest BCUT2D eigenvalue weighted by atomic mass is 9.83. The number of aromatic hydroxyl groups is 1. The molecule has 0 bridgehead atoms. The van der Waals surface area contributed by atoms with Crippen molar-refractivity contribution in [3.05, 3.63) is 29.3 Å². The van der Waals surface area contributed by atoms with Crippen LogP contribution in [0.4, 0.5) is 0 Å². The van der Waals surface area contributed by atoms with Gasteiger partial charge in [-0.15, -0.1) is 0 Å². The Balaban J connectivity index is 2.28. The topological polar surface area (TPSA) is 43.7 Å². The van der Waals surface area contributed by atoms with E-state index in [1.165, 1.54) is 5.56 Å². The van der Waals surface area contributed by atoms with Crippen LogP contribution in [-0.2, 0) is 12.0 Å². The molecule has 1 heterocycles. The largest absolute Gasteiger partial charge is 0.508 e. The molecule has 19 heavy (non-hydrogen) atoms. The SMILES string of the molecule is CC(C)(C)c1c(O)cccc1CN1CCC[C@H]1CO. The average molecular weight is 263 g/mol. The quantitative estimate of drug-likeness (QED) is 0.881. The summed E-state index contributed by atoms with van der Waals surface area (Å²) < 4.78 is 0. The minimum Gasteiger partial charge on any atom is -0.508 e. The third kappa shape index (κ3) is 3.10. The molecule has 1 aromatic rings. The average Bonchev–Trinajstić information content (AvgIpc) is 2.74. The van der Waals surface area contributed by atoms with Gasteiger partial charge >= 0.3 is 0 Å². The van der Waals surface area contributed by atoms with Crippen LogP contribution in [0.25, 0.3) is 0 Å². The predicted molar refractivity (Wildman–Crippen MR) is 77.3 cm³/mol. The first-order chi connectivity index (χ1) is 8.93. The molecule has 1 aliphatic heterocycles. The first-order valence-electron chi connectivity index (χ1n) is 7.09. The maximum absolute atomic E-state index is 10.2. The highest BCUT2D eigenvalue weighted by Gasteiger charge is 2.27. The summed E-state index contributed by atoms with van der Waals surface area (Å²) >= 11 is 0. The van der Waals surface area contributed by atoms with E-state index in [9.17, 15) is 10.2 Å². The molecule has 0 amide bonds. The van der Waals surface area contributed by atoms with Crippen molar-refractivity contribution >= 4 is 0 Å². The number of hydrogen-bond donors (Lipinski definition) is 2. The van der Waals surface area contributed by atoms with Gasteiger partial charge in [-0.3, -0.25) is 4.90 Å². The number of aliphatic hydroxyl groups excluding tert-OH is 1. The van der Waals surface area contributed by atoms with E-state index >= 15 is 0 Å². The molecule has 0 aromatic heterocycles. The minimum absolute atomic E-state index is 0.0743. The molecule has 106 valence electrons. The van der Waals surface area contributed by atoms with Gasteiger partial charge < -0.3 is 10.2 Å². The standard InChI is InChI=1S/C16H25NO2/c1-16(2,3)15-12(6-4-8-14(15)19)10-17-9-5-7-13(17)11-18/h4,6,8,13,18-19H,5,7,9-11H2,1-3H3/t13-/m0/s1. The van der Waals surface area contributed by atoms with Crippen LogP contribution in [0.1, 0.15) is 44.7 Å². The Bertz CT molecular complexity index is 437. The van der Waals surface area contributed by atoms with Gasteiger partial charge in [0.25, 0.3) is 0 Å². The zero-order chi connectivity index (χ0) is 14.0. The highest BCUT2D eigenvalue weighted by atomic mass is 16.3. The monoisotopic (exact) mass is 263 g/mol. The van der Waals surface area contributed by atoms with Crippen LogP contribution in [0.2, 0.25) is 0 Å². The molecule has 1 fully saturated rings. The van der Waals surface area contributed by atoms with Gasteiger partial charge in [-0.1, -0.05) is 32.9 Å². The second-order valence-corrected chi connectivity index (χ2v) is 6.51. The normalized spacial score (nSPS) is 20.9. The number of hydrogen-bond acceptors (Lipinski definition) is 3. The minimum atomic E-state index is -0.0743. The lowest BCUT2D eigenvalue weighted by Crippen LogP contribution is -2.32. The molecule has 0 saturated carbocycles. The Morgan fingerprint density at radius 1 is 1.32 bits per heavy atom. The first kappa shape index (κ1) is 14.4. The van der Waals surface area contributed by atoms with E-state index in [1.807, 2.05) is 6.07 Å². The molecule has 3 heteroatoms. The Morgan fingerprint density at radius 3 is 2.68 bits per heavy atom. The van der Waals surface area contributed by atoms with E-state index in [1.54, 1.807) is 6.07 Å². The summed E-state index contributed by atoms with van der Waals surface area (Å²) in [7, 11) is 0. The Hall–Kier alpha value is -1.06. The van der Waals surface area contributed by atoms with E-state index in [-0.39, 0.29) is 18.1 Å². The van der Waals surface area contributed by atoms with E-state index in [0.29, 0.717) is 5.75 Å². The van der Waals surface area contributed by atoms with Crippen LogP contribution in [0.5, 0.6) is 5.75 Å². The van der Waals surface area contributed by atoms with Crippen molar-refractivity contribution in [3.8, 4) is 5.75 Å². The van der Waals surface area contributed by atoms with E-state index in [2.05, 4.69) is 31.7 Å². The highest BCUT2D eigenvalue weighted by Crippen LogP contribution is 2.35. The van der Waals surface area contributed by atoms with Crippen molar-refractivity contribution in [1.29, 1.82) is 0 Å². The zero-order valence-corrected chi connectivity index (χ0v) is 12.2. The fraction of sp³-hybridized carbons (Fsp3) is 0.625. The molecular weight excluding hydrogens is 238 g/mol. The number of phenolic OH excluding ortho intramolecular Hbond substituents is 1. The van der Waals surface area contributed by atoms with E-state index < -0.39 is 0 Å². The fourth-order valence-corrected chi connectivity index (χ4v) is 3.11. The lowest BCUT2D eigenvalue weighted by Gasteiger charge is -2.28. The summed E-state index contributed by atoms with van der Waals surface area (Å²) in [5.74, 6) is 0.379. The predicted octanol–water partition coefficient (Wildman–Crippen LogP) is 2.65. The first-order valence-corrected chi connectivity index (χ1v) is 7.09. The smallest absolute Gasteiger partial charge is 0.119 e. The van der Waals surface area contributed by atoms with Crippen LogP contribution in [0, 0.1) is 0 Å². The van der Waals surface area contributed by atoms with Crippen LogP contribution in [0.3, 0.4) is 0 Å². The summed E-state index contributed by atoms with van der Waals surface area (Å²) in [4.78, 5) is 2.32. The Kier molecular flexibility index (Phi) is 4.16. The Morgan fingerprint density at radius 2 is 2.05 bits per heavy atom. The second kappa shape index (κ2) is 5.51. The van der Waals surface area contributed by atoms with Gasteiger partial charge in [0.2, 0.25) is 0 Å². The van der Waals surface area contributed by atoms with Gasteiger partial charge in [-0.2, -0.15) is 0 Å². The van der Waals surface area contributed by atoms with Crippen LogP contribution in [-0.4, -0.2) is 34.3 Å². The molecule has 0 aliphatic carbocycles. The van der Waals surface area contributed by atoms with Crippen LogP contribution < -0.4 is 0 Å². The molecule has 0 radical (unpaired) electrons. The van der Waals surface area contributed by atoms with Gasteiger partial charge in [-0.05, 0) is 36.4 Å². The van der Waals surface area contributed by atoms with Crippen LogP contribution >= 0.6 is 0 Å². The second-order valence-electron chi connectivity index (χ2n) is 6.51. The van der Waals surface area contributed by atoms with Crippen molar-refractivity contribution in [1.82, 2.24) is 4.90 Å². The van der Waals surface area contributed by atoms with Gasteiger partial charge in [0.1, 0.15) is 5.75 Å². The number of likely N-dealkylation sites (tertiary alicyclic amines) is 1. The van der Waals surface area contributed by atoms with Gasteiger partial charge in [0.15, 0.2) is 0 Å². The summed E-state index contributed by atoms with van der Waals surface area (Å²) in [6, 6.07) is 6.03. The number of benzene rings is 1. The van der Waals surface area contributed by atoms with E-state index in [0.717, 1.165) is 31.5 Å². The van der Waals surface area contributed by atoms with Crippen molar-refractivity contribution in [3.63, 3.8) is 0 Å². The Labute approximate surface area is 115 Å². The van der Waals surface area contributed by atoms with Gasteiger partial charge in [0.05, 0.1) is 6.61 Å². The van der Waals surface area contributed by atoms with Gasteiger partial charge in [0, 0.05) is 18.2 Å². The molecule has 1 atom stereocenters. The van der Waals surface area contributed by atoms with Crippen molar-refractivity contribution in [2.75, 3.05) is 13.2 Å². The fourth-order valence-electron chi connectivity index (χ4n) is 3.11. The van der Waals surface area contributed by atoms with Crippen LogP contribution in [0.15, 0.2) is 18.2 Å². The molecule has 0 unspecified atom stereocenters. The van der Waals surface area contributed by atoms with Gasteiger partial charge in [-0.25, -0.2) is 0 Å². The maximum Gasteiger partial charge on any atom is 0.119 e. The number of nitrogens with zero attached hydrogens (tertiary/aromatic N) is 1. The van der Waals surface area contributed by atoms with Crippen molar-refractivity contribution < 1.29 is 10.2 Å². The number of aliphatic hydroxyl groups is 1. The highest BCUT2D eigenvalue weighted by molar-refractivity contribution is 5.43. The summed E-state index contributed by atoms with van der Waals surface area (Å²) in [5, 5.41) is 19.6. The summed E-state index contributed by atoms with van der Waals surface area (Å²) in [5.41, 5.74) is 2.13. The van der Waals surface area contributed by atoms with E-state index in [4.69, 9.17) is 0 Å². The molecular formula is C16H25NO2. The third-order valence-corrected chi connectivity index (χ3v) is 3.96. The zero-order valence-electron chi connectivity index (χ0n) is 12.2. The molecule has 2 rings (SSSR count). The number of rotatable bonds is 3. The van der Waals surface area contributed by atoms with Crippen molar-refractivity contribution in [2.24, 2.45) is 0 Å². The molecule has 0 spiro atoms. The molecule has 1 aliphatic rings. The molecule has 1 saturated heterocycles. The number of phenols is 1. The molecule has 3 nitrogen and oxygen atoms in total. The third-order valence-electron chi connectivity index (χ3n) is 3.96.